The average molecular weight is 184 g/mol. The normalized spacial score (nSPS) is 32.1. The number of fused-ring (bicyclic) bond motifs is 1. The van der Waals surface area contributed by atoms with Crippen LogP contribution in [-0.4, -0.2) is 28.0 Å². The molecular formula is C9H12O4. The van der Waals surface area contributed by atoms with E-state index in [2.05, 4.69) is 0 Å². The van der Waals surface area contributed by atoms with Gasteiger partial charge in [-0.05, 0) is 6.42 Å². The lowest BCUT2D eigenvalue weighted by atomic mass is 9.98. The largest absolute Gasteiger partial charge is 0.472 e. The SMILES string of the molecule is OCC[C@@H]1c2cocc2[C@@H](O)[C@H]1O. The molecule has 0 aromatic carbocycles. The molecule has 1 heterocycles. The minimum atomic E-state index is -0.870. The lowest BCUT2D eigenvalue weighted by Crippen LogP contribution is -2.19. The van der Waals surface area contributed by atoms with Gasteiger partial charge in [0.25, 0.3) is 0 Å². The van der Waals surface area contributed by atoms with Crippen molar-refractivity contribution in [3.8, 4) is 0 Å². The highest BCUT2D eigenvalue weighted by Gasteiger charge is 2.39. The fraction of sp³-hybridized carbons (Fsp3) is 0.556. The lowest BCUT2D eigenvalue weighted by Gasteiger charge is -2.15. The van der Waals surface area contributed by atoms with E-state index >= 15 is 0 Å². The van der Waals surface area contributed by atoms with Gasteiger partial charge in [-0.15, -0.1) is 0 Å². The highest BCUT2D eigenvalue weighted by atomic mass is 16.3. The monoisotopic (exact) mass is 184 g/mol. The van der Waals surface area contributed by atoms with E-state index in [-0.39, 0.29) is 12.5 Å². The van der Waals surface area contributed by atoms with Crippen LogP contribution in [0.1, 0.15) is 29.6 Å². The van der Waals surface area contributed by atoms with Gasteiger partial charge in [-0.1, -0.05) is 0 Å². The fourth-order valence-electron chi connectivity index (χ4n) is 1.91. The number of rotatable bonds is 2. The molecule has 2 rings (SSSR count). The standard InChI is InChI=1S/C9H12O4/c10-2-1-5-6-3-13-4-7(6)9(12)8(5)11/h3-5,8-12H,1-2H2/t5-,8+,9-/m1/s1. The van der Waals surface area contributed by atoms with Crippen molar-refractivity contribution in [2.45, 2.75) is 24.5 Å². The van der Waals surface area contributed by atoms with Crippen LogP contribution in [0.5, 0.6) is 0 Å². The van der Waals surface area contributed by atoms with Crippen LogP contribution in [0.2, 0.25) is 0 Å². The summed E-state index contributed by atoms with van der Waals surface area (Å²) >= 11 is 0. The summed E-state index contributed by atoms with van der Waals surface area (Å²) in [6.07, 6.45) is 1.74. The second kappa shape index (κ2) is 3.14. The highest BCUT2D eigenvalue weighted by Crippen LogP contribution is 2.42. The number of furan rings is 1. The molecule has 0 bridgehead atoms. The molecule has 0 radical (unpaired) electrons. The molecule has 0 aliphatic heterocycles. The van der Waals surface area contributed by atoms with E-state index in [4.69, 9.17) is 9.52 Å². The van der Waals surface area contributed by atoms with Crippen LogP contribution in [-0.2, 0) is 0 Å². The summed E-state index contributed by atoms with van der Waals surface area (Å²) < 4.78 is 4.93. The van der Waals surface area contributed by atoms with E-state index in [1.165, 1.54) is 12.5 Å². The van der Waals surface area contributed by atoms with Gasteiger partial charge < -0.3 is 19.7 Å². The Morgan fingerprint density at radius 1 is 1.23 bits per heavy atom. The highest BCUT2D eigenvalue weighted by molar-refractivity contribution is 5.35. The molecule has 4 nitrogen and oxygen atoms in total. The van der Waals surface area contributed by atoms with Crippen LogP contribution in [0.15, 0.2) is 16.9 Å². The summed E-state index contributed by atoms with van der Waals surface area (Å²) in [6.45, 7) is -0.000926. The third-order valence-corrected chi connectivity index (χ3v) is 2.62. The van der Waals surface area contributed by atoms with Crippen molar-refractivity contribution in [2.75, 3.05) is 6.61 Å². The molecule has 0 spiro atoms. The molecule has 1 aromatic heterocycles. The maximum atomic E-state index is 9.60. The Hall–Kier alpha value is -0.840. The van der Waals surface area contributed by atoms with Gasteiger partial charge in [-0.3, -0.25) is 0 Å². The van der Waals surface area contributed by atoms with Gasteiger partial charge in [0.05, 0.1) is 18.6 Å². The van der Waals surface area contributed by atoms with Gasteiger partial charge in [0.2, 0.25) is 0 Å². The molecule has 1 aromatic rings. The molecule has 4 heteroatoms. The number of hydrogen-bond acceptors (Lipinski definition) is 4. The maximum Gasteiger partial charge on any atom is 0.109 e. The van der Waals surface area contributed by atoms with Crippen molar-refractivity contribution in [3.05, 3.63) is 23.7 Å². The van der Waals surface area contributed by atoms with E-state index in [0.29, 0.717) is 12.0 Å². The number of hydrogen-bond donors (Lipinski definition) is 3. The van der Waals surface area contributed by atoms with Crippen LogP contribution >= 0.6 is 0 Å². The Balaban J connectivity index is 2.31. The molecule has 1 aliphatic rings. The van der Waals surface area contributed by atoms with Gasteiger partial charge in [0, 0.05) is 23.7 Å². The van der Waals surface area contributed by atoms with Gasteiger partial charge in [0.1, 0.15) is 6.10 Å². The van der Waals surface area contributed by atoms with Crippen LogP contribution in [0, 0.1) is 0 Å². The predicted molar refractivity (Wildman–Crippen MR) is 44.1 cm³/mol. The Morgan fingerprint density at radius 2 is 1.92 bits per heavy atom. The third kappa shape index (κ3) is 1.18. The average Bonchev–Trinajstić information content (AvgIpc) is 2.66. The molecule has 0 saturated carbocycles. The van der Waals surface area contributed by atoms with Gasteiger partial charge in [-0.25, -0.2) is 0 Å². The summed E-state index contributed by atoms with van der Waals surface area (Å²) in [4.78, 5) is 0. The van der Waals surface area contributed by atoms with E-state index in [1.807, 2.05) is 0 Å². The zero-order chi connectivity index (χ0) is 9.42. The zero-order valence-corrected chi connectivity index (χ0v) is 7.05. The minimum absolute atomic E-state index is 0.000926. The van der Waals surface area contributed by atoms with Crippen molar-refractivity contribution >= 4 is 0 Å². The maximum absolute atomic E-state index is 9.60. The van der Waals surface area contributed by atoms with E-state index in [0.717, 1.165) is 5.56 Å². The predicted octanol–water partition coefficient (Wildman–Crippen LogP) is 0.153. The smallest absolute Gasteiger partial charge is 0.109 e. The summed E-state index contributed by atoms with van der Waals surface area (Å²) in [6, 6.07) is 0. The molecule has 13 heavy (non-hydrogen) atoms. The van der Waals surface area contributed by atoms with E-state index < -0.39 is 12.2 Å². The Labute approximate surface area is 75.4 Å². The Kier molecular flexibility index (Phi) is 2.11. The summed E-state index contributed by atoms with van der Waals surface area (Å²) in [7, 11) is 0. The molecule has 0 saturated heterocycles. The van der Waals surface area contributed by atoms with Crippen LogP contribution in [0.25, 0.3) is 0 Å². The van der Waals surface area contributed by atoms with Gasteiger partial charge in [0.15, 0.2) is 0 Å². The van der Waals surface area contributed by atoms with E-state index in [1.54, 1.807) is 0 Å². The fourth-order valence-corrected chi connectivity index (χ4v) is 1.91. The van der Waals surface area contributed by atoms with E-state index in [9.17, 15) is 10.2 Å². The molecular weight excluding hydrogens is 172 g/mol. The molecule has 0 fully saturated rings. The minimum Gasteiger partial charge on any atom is -0.472 e. The van der Waals surface area contributed by atoms with Crippen molar-refractivity contribution in [2.24, 2.45) is 0 Å². The first-order chi connectivity index (χ1) is 6.25. The van der Waals surface area contributed by atoms with Crippen molar-refractivity contribution in [1.29, 1.82) is 0 Å². The lowest BCUT2D eigenvalue weighted by molar-refractivity contribution is 0.0113. The number of aliphatic hydroxyl groups excluding tert-OH is 3. The van der Waals surface area contributed by atoms with Gasteiger partial charge >= 0.3 is 0 Å². The Bertz CT molecular complexity index is 294. The van der Waals surface area contributed by atoms with Crippen molar-refractivity contribution in [3.63, 3.8) is 0 Å². The van der Waals surface area contributed by atoms with Crippen molar-refractivity contribution < 1.29 is 19.7 Å². The van der Waals surface area contributed by atoms with Crippen molar-refractivity contribution in [1.82, 2.24) is 0 Å². The van der Waals surface area contributed by atoms with Crippen LogP contribution < -0.4 is 0 Å². The third-order valence-electron chi connectivity index (χ3n) is 2.62. The zero-order valence-electron chi connectivity index (χ0n) is 7.05. The first-order valence-corrected chi connectivity index (χ1v) is 4.28. The second-order valence-electron chi connectivity index (χ2n) is 3.34. The quantitative estimate of drug-likeness (QED) is 0.611. The summed E-state index contributed by atoms with van der Waals surface area (Å²) in [5.74, 6) is -0.200. The molecule has 72 valence electrons. The van der Waals surface area contributed by atoms with Crippen LogP contribution in [0.4, 0.5) is 0 Å². The van der Waals surface area contributed by atoms with Gasteiger partial charge in [-0.2, -0.15) is 0 Å². The summed E-state index contributed by atoms with van der Waals surface area (Å²) in [5.41, 5.74) is 1.46. The molecule has 0 amide bonds. The Morgan fingerprint density at radius 3 is 2.62 bits per heavy atom. The second-order valence-corrected chi connectivity index (χ2v) is 3.34. The summed E-state index contributed by atoms with van der Waals surface area (Å²) in [5, 5.41) is 27.9. The topological polar surface area (TPSA) is 73.8 Å². The van der Waals surface area contributed by atoms with Crippen LogP contribution in [0.3, 0.4) is 0 Å². The first-order valence-electron chi connectivity index (χ1n) is 4.28. The first kappa shape index (κ1) is 8.74. The molecule has 3 atom stereocenters. The number of aliphatic hydroxyl groups is 3. The molecule has 3 N–H and O–H groups in total. The molecule has 0 unspecified atom stereocenters. The molecule has 1 aliphatic carbocycles.